The van der Waals surface area contributed by atoms with Crippen molar-refractivity contribution in [2.75, 3.05) is 7.05 Å². The molecular formula is C21H23FN4. The van der Waals surface area contributed by atoms with Gasteiger partial charge in [-0.3, -0.25) is 9.98 Å². The fourth-order valence-corrected chi connectivity index (χ4v) is 2.85. The minimum atomic E-state index is -0.192. The van der Waals surface area contributed by atoms with Gasteiger partial charge in [0.05, 0.1) is 11.6 Å². The zero-order chi connectivity index (χ0) is 18.5. The van der Waals surface area contributed by atoms with Gasteiger partial charge in [0.1, 0.15) is 5.82 Å². The van der Waals surface area contributed by atoms with E-state index in [9.17, 15) is 4.39 Å². The van der Waals surface area contributed by atoms with Gasteiger partial charge < -0.3 is 10.6 Å². The van der Waals surface area contributed by atoms with E-state index in [0.29, 0.717) is 18.1 Å². The van der Waals surface area contributed by atoms with Crippen molar-refractivity contribution in [2.45, 2.75) is 26.4 Å². The molecule has 4 nitrogen and oxygen atoms in total. The summed E-state index contributed by atoms with van der Waals surface area (Å²) in [5.41, 5.74) is 3.64. The predicted molar refractivity (Wildman–Crippen MR) is 105 cm³/mol. The molecule has 0 bridgehead atoms. The summed E-state index contributed by atoms with van der Waals surface area (Å²) >= 11 is 0. The lowest BCUT2D eigenvalue weighted by Crippen LogP contribution is -2.38. The van der Waals surface area contributed by atoms with Gasteiger partial charge in [0.15, 0.2) is 5.96 Å². The molecule has 0 aliphatic rings. The molecule has 3 aromatic rings. The van der Waals surface area contributed by atoms with E-state index in [4.69, 9.17) is 0 Å². The molecule has 0 aliphatic heterocycles. The fraction of sp³-hybridized carbons (Fsp3) is 0.238. The van der Waals surface area contributed by atoms with Gasteiger partial charge in [-0.05, 0) is 48.7 Å². The normalized spacial score (nSPS) is 12.8. The van der Waals surface area contributed by atoms with E-state index in [-0.39, 0.29) is 11.9 Å². The first-order valence-corrected chi connectivity index (χ1v) is 8.64. The van der Waals surface area contributed by atoms with Gasteiger partial charge in [-0.2, -0.15) is 0 Å². The Bertz CT molecular complexity index is 931. The van der Waals surface area contributed by atoms with E-state index in [1.54, 1.807) is 26.1 Å². The van der Waals surface area contributed by atoms with Crippen LogP contribution < -0.4 is 10.6 Å². The number of benzene rings is 2. The second-order valence-corrected chi connectivity index (χ2v) is 6.29. The third kappa shape index (κ3) is 3.99. The minimum Gasteiger partial charge on any atom is -0.352 e. The zero-order valence-electron chi connectivity index (χ0n) is 15.3. The number of hydrogen-bond acceptors (Lipinski definition) is 2. The summed E-state index contributed by atoms with van der Waals surface area (Å²) in [6.07, 6.45) is 1.81. The van der Waals surface area contributed by atoms with Crippen molar-refractivity contribution >= 4 is 16.9 Å². The predicted octanol–water partition coefficient (Wildman–Crippen LogP) is 4.11. The topological polar surface area (TPSA) is 49.3 Å². The standard InChI is InChI=1S/C21H23FN4/c1-14-8-9-16(12-19(14)22)15(2)26-21(23-3)25-13-17-10-11-24-20-7-5-4-6-18(17)20/h4-12,15H,13H2,1-3H3,(H2,23,25,26). The van der Waals surface area contributed by atoms with Crippen LogP contribution in [0.25, 0.3) is 10.9 Å². The largest absolute Gasteiger partial charge is 0.352 e. The van der Waals surface area contributed by atoms with Gasteiger partial charge >= 0.3 is 0 Å². The van der Waals surface area contributed by atoms with E-state index < -0.39 is 0 Å². The number of aliphatic imine (C=N–C) groups is 1. The fourth-order valence-electron chi connectivity index (χ4n) is 2.85. The molecule has 2 aromatic carbocycles. The number of nitrogens with one attached hydrogen (secondary N) is 2. The van der Waals surface area contributed by atoms with E-state index in [2.05, 4.69) is 26.7 Å². The average molecular weight is 350 g/mol. The lowest BCUT2D eigenvalue weighted by Gasteiger charge is -2.19. The number of pyridine rings is 1. The third-order valence-electron chi connectivity index (χ3n) is 4.46. The van der Waals surface area contributed by atoms with Gasteiger partial charge in [-0.25, -0.2) is 4.39 Å². The first-order chi connectivity index (χ1) is 12.6. The highest BCUT2D eigenvalue weighted by Crippen LogP contribution is 2.17. The number of rotatable bonds is 4. The van der Waals surface area contributed by atoms with Crippen molar-refractivity contribution < 1.29 is 4.39 Å². The Morgan fingerprint density at radius 2 is 2.00 bits per heavy atom. The Morgan fingerprint density at radius 3 is 2.77 bits per heavy atom. The Kier molecular flexibility index (Phi) is 5.46. The minimum absolute atomic E-state index is 0.0644. The highest BCUT2D eigenvalue weighted by atomic mass is 19.1. The molecule has 1 unspecified atom stereocenters. The maximum atomic E-state index is 13.8. The van der Waals surface area contributed by atoms with Crippen LogP contribution in [0.2, 0.25) is 0 Å². The SMILES string of the molecule is CN=C(NCc1ccnc2ccccc12)NC(C)c1ccc(C)c(F)c1. The molecular weight excluding hydrogens is 327 g/mol. The molecule has 1 atom stereocenters. The third-order valence-corrected chi connectivity index (χ3v) is 4.46. The lowest BCUT2D eigenvalue weighted by molar-refractivity contribution is 0.607. The molecule has 26 heavy (non-hydrogen) atoms. The molecule has 1 heterocycles. The van der Waals surface area contributed by atoms with Gasteiger partial charge in [-0.15, -0.1) is 0 Å². The van der Waals surface area contributed by atoms with Crippen LogP contribution >= 0.6 is 0 Å². The average Bonchev–Trinajstić information content (AvgIpc) is 2.67. The molecule has 5 heteroatoms. The lowest BCUT2D eigenvalue weighted by atomic mass is 10.1. The summed E-state index contributed by atoms with van der Waals surface area (Å²) in [7, 11) is 1.72. The Hall–Kier alpha value is -2.95. The number of aryl methyl sites for hydroxylation is 1. The molecule has 0 radical (unpaired) electrons. The van der Waals surface area contributed by atoms with Crippen molar-refractivity contribution in [2.24, 2.45) is 4.99 Å². The summed E-state index contributed by atoms with van der Waals surface area (Å²) < 4.78 is 13.8. The molecule has 0 amide bonds. The summed E-state index contributed by atoms with van der Waals surface area (Å²) in [6.45, 7) is 4.37. The van der Waals surface area contributed by atoms with Crippen LogP contribution in [0.4, 0.5) is 4.39 Å². The highest BCUT2D eigenvalue weighted by molar-refractivity contribution is 5.83. The van der Waals surface area contributed by atoms with Gasteiger partial charge in [0.2, 0.25) is 0 Å². The summed E-state index contributed by atoms with van der Waals surface area (Å²) in [5.74, 6) is 0.474. The first-order valence-electron chi connectivity index (χ1n) is 8.64. The summed E-state index contributed by atoms with van der Waals surface area (Å²) in [5, 5.41) is 7.74. The van der Waals surface area contributed by atoms with E-state index in [1.807, 2.05) is 43.5 Å². The molecule has 1 aromatic heterocycles. The smallest absolute Gasteiger partial charge is 0.191 e. The van der Waals surface area contributed by atoms with Crippen molar-refractivity contribution in [1.82, 2.24) is 15.6 Å². The second-order valence-electron chi connectivity index (χ2n) is 6.29. The van der Waals surface area contributed by atoms with E-state index in [1.165, 1.54) is 0 Å². The zero-order valence-corrected chi connectivity index (χ0v) is 15.3. The van der Waals surface area contributed by atoms with E-state index >= 15 is 0 Å². The van der Waals surface area contributed by atoms with Crippen LogP contribution in [0.1, 0.15) is 29.7 Å². The van der Waals surface area contributed by atoms with Crippen LogP contribution in [-0.2, 0) is 6.54 Å². The van der Waals surface area contributed by atoms with Gasteiger partial charge in [-0.1, -0.05) is 30.3 Å². The molecule has 0 saturated carbocycles. The first kappa shape index (κ1) is 17.9. The Labute approximate surface area is 153 Å². The summed E-state index contributed by atoms with van der Waals surface area (Å²) in [4.78, 5) is 8.66. The molecule has 134 valence electrons. The number of guanidine groups is 1. The molecule has 2 N–H and O–H groups in total. The maximum Gasteiger partial charge on any atom is 0.191 e. The molecule has 0 saturated heterocycles. The van der Waals surface area contributed by atoms with Crippen LogP contribution in [0, 0.1) is 12.7 Å². The molecule has 3 rings (SSSR count). The number of hydrogen-bond donors (Lipinski definition) is 2. The number of aromatic nitrogens is 1. The second kappa shape index (κ2) is 7.95. The van der Waals surface area contributed by atoms with Crippen LogP contribution in [0.5, 0.6) is 0 Å². The maximum absolute atomic E-state index is 13.8. The van der Waals surface area contributed by atoms with Crippen molar-refractivity contribution in [3.05, 3.63) is 77.2 Å². The van der Waals surface area contributed by atoms with Crippen LogP contribution in [0.3, 0.4) is 0 Å². The molecule has 0 aliphatic carbocycles. The van der Waals surface area contributed by atoms with Crippen LogP contribution in [-0.4, -0.2) is 18.0 Å². The molecule has 0 fully saturated rings. The Balaban J connectivity index is 1.69. The highest BCUT2D eigenvalue weighted by Gasteiger charge is 2.10. The van der Waals surface area contributed by atoms with E-state index in [0.717, 1.165) is 22.0 Å². The van der Waals surface area contributed by atoms with Crippen molar-refractivity contribution in [3.63, 3.8) is 0 Å². The summed E-state index contributed by atoms with van der Waals surface area (Å²) in [6, 6.07) is 15.3. The van der Waals surface area contributed by atoms with Gasteiger partial charge in [0, 0.05) is 25.2 Å². The Morgan fingerprint density at radius 1 is 1.19 bits per heavy atom. The van der Waals surface area contributed by atoms with Crippen molar-refractivity contribution in [1.29, 1.82) is 0 Å². The number of halogens is 1. The molecule has 0 spiro atoms. The van der Waals surface area contributed by atoms with Crippen LogP contribution in [0.15, 0.2) is 59.7 Å². The number of nitrogens with zero attached hydrogens (tertiary/aromatic N) is 2. The van der Waals surface area contributed by atoms with Crippen molar-refractivity contribution in [3.8, 4) is 0 Å². The number of para-hydroxylation sites is 1. The monoisotopic (exact) mass is 350 g/mol. The van der Waals surface area contributed by atoms with Gasteiger partial charge in [0.25, 0.3) is 0 Å². The quantitative estimate of drug-likeness (QED) is 0.550. The number of fused-ring (bicyclic) bond motifs is 1.